The fourth-order valence-corrected chi connectivity index (χ4v) is 1.45. The molecule has 2 N–H and O–H groups in total. The molecule has 0 aliphatic carbocycles. The summed E-state index contributed by atoms with van der Waals surface area (Å²) in [6.45, 7) is 0. The smallest absolute Gasteiger partial charge is 0.293 e. The SMILES string of the molecule is O=c1[nH][nH]c(C(F)(F)F)c1-c1ccccc1. The van der Waals surface area contributed by atoms with Gasteiger partial charge < -0.3 is 0 Å². The topological polar surface area (TPSA) is 48.6 Å². The Bertz CT molecular complexity index is 539. The van der Waals surface area contributed by atoms with Gasteiger partial charge in [-0.2, -0.15) is 13.2 Å². The van der Waals surface area contributed by atoms with Crippen molar-refractivity contribution in [3.05, 3.63) is 46.4 Å². The molecule has 0 aliphatic rings. The van der Waals surface area contributed by atoms with Gasteiger partial charge in [0.15, 0.2) is 0 Å². The van der Waals surface area contributed by atoms with Crippen LogP contribution in [0.4, 0.5) is 13.2 Å². The molecule has 0 saturated heterocycles. The highest BCUT2D eigenvalue weighted by atomic mass is 19.4. The van der Waals surface area contributed by atoms with Crippen molar-refractivity contribution in [3.63, 3.8) is 0 Å². The molecule has 6 heteroatoms. The molecule has 1 aromatic carbocycles. The maximum absolute atomic E-state index is 12.6. The molecule has 0 aliphatic heterocycles. The lowest BCUT2D eigenvalue weighted by atomic mass is 10.1. The summed E-state index contributed by atoms with van der Waals surface area (Å²) in [7, 11) is 0. The maximum Gasteiger partial charge on any atom is 0.433 e. The third kappa shape index (κ3) is 1.73. The molecule has 2 aromatic rings. The number of nitrogens with one attached hydrogen (secondary N) is 2. The summed E-state index contributed by atoms with van der Waals surface area (Å²) in [5.74, 6) is 0. The van der Waals surface area contributed by atoms with Gasteiger partial charge in [-0.1, -0.05) is 30.3 Å². The van der Waals surface area contributed by atoms with Gasteiger partial charge in [0.05, 0.1) is 5.56 Å². The van der Waals surface area contributed by atoms with E-state index in [1.165, 1.54) is 12.1 Å². The monoisotopic (exact) mass is 228 g/mol. The summed E-state index contributed by atoms with van der Waals surface area (Å²) in [6, 6.07) is 7.71. The highest BCUT2D eigenvalue weighted by Gasteiger charge is 2.37. The summed E-state index contributed by atoms with van der Waals surface area (Å²) in [5, 5.41) is 3.79. The number of aromatic amines is 2. The largest absolute Gasteiger partial charge is 0.433 e. The minimum Gasteiger partial charge on any atom is -0.293 e. The number of H-pyrrole nitrogens is 2. The Morgan fingerprint density at radius 3 is 2.19 bits per heavy atom. The minimum atomic E-state index is -4.58. The molecule has 0 bridgehead atoms. The van der Waals surface area contributed by atoms with Crippen molar-refractivity contribution in [1.29, 1.82) is 0 Å². The van der Waals surface area contributed by atoms with Crippen molar-refractivity contribution in [1.82, 2.24) is 10.2 Å². The molecule has 2 rings (SSSR count). The van der Waals surface area contributed by atoms with E-state index in [-0.39, 0.29) is 11.1 Å². The number of alkyl halides is 3. The normalized spacial score (nSPS) is 11.7. The number of aromatic nitrogens is 2. The van der Waals surface area contributed by atoms with E-state index in [1.807, 2.05) is 10.2 Å². The van der Waals surface area contributed by atoms with Gasteiger partial charge in [-0.3, -0.25) is 15.0 Å². The molecule has 0 spiro atoms. The second kappa shape index (κ2) is 3.55. The van der Waals surface area contributed by atoms with Crippen LogP contribution in [0.3, 0.4) is 0 Å². The van der Waals surface area contributed by atoms with Crippen LogP contribution in [0.2, 0.25) is 0 Å². The zero-order valence-corrected chi connectivity index (χ0v) is 7.93. The first-order valence-electron chi connectivity index (χ1n) is 4.43. The van der Waals surface area contributed by atoms with Gasteiger partial charge in [0.2, 0.25) is 0 Å². The Morgan fingerprint density at radius 2 is 1.62 bits per heavy atom. The quantitative estimate of drug-likeness (QED) is 0.773. The highest BCUT2D eigenvalue weighted by molar-refractivity contribution is 5.65. The molecule has 1 heterocycles. The number of hydrogen-bond acceptors (Lipinski definition) is 1. The molecule has 16 heavy (non-hydrogen) atoms. The second-order valence-corrected chi connectivity index (χ2v) is 3.19. The molecule has 84 valence electrons. The molecule has 0 radical (unpaired) electrons. The fourth-order valence-electron chi connectivity index (χ4n) is 1.45. The Hall–Kier alpha value is -1.98. The lowest BCUT2D eigenvalue weighted by molar-refractivity contribution is -0.140. The van der Waals surface area contributed by atoms with Crippen molar-refractivity contribution in [3.8, 4) is 11.1 Å². The van der Waals surface area contributed by atoms with E-state index >= 15 is 0 Å². The van der Waals surface area contributed by atoms with E-state index in [0.717, 1.165) is 0 Å². The van der Waals surface area contributed by atoms with Crippen LogP contribution in [0.15, 0.2) is 35.1 Å². The van der Waals surface area contributed by atoms with Gasteiger partial charge in [0.25, 0.3) is 5.56 Å². The van der Waals surface area contributed by atoms with E-state index < -0.39 is 17.4 Å². The van der Waals surface area contributed by atoms with Crippen molar-refractivity contribution in [2.24, 2.45) is 0 Å². The van der Waals surface area contributed by atoms with Crippen LogP contribution in [0.5, 0.6) is 0 Å². The maximum atomic E-state index is 12.6. The minimum absolute atomic E-state index is 0.234. The number of benzene rings is 1. The Balaban J connectivity index is 2.66. The van der Waals surface area contributed by atoms with E-state index in [0.29, 0.717) is 0 Å². The van der Waals surface area contributed by atoms with Crippen molar-refractivity contribution in [2.45, 2.75) is 6.18 Å². The van der Waals surface area contributed by atoms with Crippen molar-refractivity contribution < 1.29 is 13.2 Å². The number of rotatable bonds is 1. The van der Waals surface area contributed by atoms with E-state index in [9.17, 15) is 18.0 Å². The van der Waals surface area contributed by atoms with Gasteiger partial charge in [0, 0.05) is 0 Å². The lowest BCUT2D eigenvalue weighted by Crippen LogP contribution is -2.09. The summed E-state index contributed by atoms with van der Waals surface area (Å²) in [6.07, 6.45) is -4.58. The molecule has 0 atom stereocenters. The van der Waals surface area contributed by atoms with Crippen LogP contribution in [0.1, 0.15) is 5.69 Å². The number of hydrogen-bond donors (Lipinski definition) is 2. The Morgan fingerprint density at radius 1 is 1.00 bits per heavy atom. The van der Waals surface area contributed by atoms with E-state index in [4.69, 9.17) is 0 Å². The van der Waals surface area contributed by atoms with Crippen LogP contribution in [-0.4, -0.2) is 10.2 Å². The highest BCUT2D eigenvalue weighted by Crippen LogP contribution is 2.33. The predicted molar refractivity (Wildman–Crippen MR) is 51.9 cm³/mol. The average molecular weight is 228 g/mol. The van der Waals surface area contributed by atoms with E-state index in [1.54, 1.807) is 18.2 Å². The van der Waals surface area contributed by atoms with Gasteiger partial charge in [-0.05, 0) is 5.56 Å². The predicted octanol–water partition coefficient (Wildman–Crippen LogP) is 2.39. The van der Waals surface area contributed by atoms with Gasteiger partial charge in [-0.15, -0.1) is 0 Å². The molecular weight excluding hydrogens is 221 g/mol. The molecular formula is C10H7F3N2O. The van der Waals surface area contributed by atoms with Gasteiger partial charge in [-0.25, -0.2) is 0 Å². The average Bonchev–Trinajstić information content (AvgIpc) is 2.61. The van der Waals surface area contributed by atoms with Gasteiger partial charge in [0.1, 0.15) is 5.69 Å². The number of halogens is 3. The Kier molecular flexibility index (Phi) is 2.34. The third-order valence-corrected chi connectivity index (χ3v) is 2.12. The first kappa shape index (κ1) is 10.5. The van der Waals surface area contributed by atoms with Crippen molar-refractivity contribution in [2.75, 3.05) is 0 Å². The van der Waals surface area contributed by atoms with Crippen LogP contribution < -0.4 is 5.56 Å². The lowest BCUT2D eigenvalue weighted by Gasteiger charge is -2.05. The van der Waals surface area contributed by atoms with Crippen LogP contribution >= 0.6 is 0 Å². The van der Waals surface area contributed by atoms with E-state index in [2.05, 4.69) is 0 Å². The van der Waals surface area contributed by atoms with Crippen LogP contribution in [-0.2, 0) is 6.18 Å². The molecule has 0 saturated carbocycles. The molecule has 0 fully saturated rings. The van der Waals surface area contributed by atoms with Crippen molar-refractivity contribution >= 4 is 0 Å². The molecule has 0 amide bonds. The Labute approximate surface area is 87.9 Å². The first-order valence-corrected chi connectivity index (χ1v) is 4.43. The zero-order valence-electron chi connectivity index (χ0n) is 7.93. The molecule has 0 unspecified atom stereocenters. The van der Waals surface area contributed by atoms with Gasteiger partial charge >= 0.3 is 6.18 Å². The third-order valence-electron chi connectivity index (χ3n) is 2.12. The molecule has 1 aromatic heterocycles. The standard InChI is InChI=1S/C10H7F3N2O/c11-10(12,13)8-7(9(16)15-14-8)6-4-2-1-3-5-6/h1-5H,(H2,14,15,16). The molecule has 3 nitrogen and oxygen atoms in total. The summed E-state index contributed by atoms with van der Waals surface area (Å²) in [5.41, 5.74) is -1.98. The first-order chi connectivity index (χ1) is 7.50. The zero-order chi connectivity index (χ0) is 11.8. The summed E-state index contributed by atoms with van der Waals surface area (Å²) >= 11 is 0. The fraction of sp³-hybridized carbons (Fsp3) is 0.100. The van der Waals surface area contributed by atoms with Crippen LogP contribution in [0.25, 0.3) is 11.1 Å². The van der Waals surface area contributed by atoms with Crippen LogP contribution in [0, 0.1) is 0 Å². The summed E-state index contributed by atoms with van der Waals surface area (Å²) < 4.78 is 37.7. The summed E-state index contributed by atoms with van der Waals surface area (Å²) in [4.78, 5) is 11.3. The second-order valence-electron chi connectivity index (χ2n) is 3.19.